The van der Waals surface area contributed by atoms with Gasteiger partial charge in [0.2, 0.25) is 15.9 Å². The van der Waals surface area contributed by atoms with E-state index in [9.17, 15) is 13.2 Å². The number of sulfonamides is 1. The van der Waals surface area contributed by atoms with E-state index in [4.69, 9.17) is 23.2 Å². The molecule has 0 bridgehead atoms. The number of halogens is 2. The zero-order valence-corrected chi connectivity index (χ0v) is 20.3. The maximum absolute atomic E-state index is 12.9. The van der Waals surface area contributed by atoms with Crippen LogP contribution >= 0.6 is 35.0 Å². The number of carbonyl (C=O) groups excluding carboxylic acids is 1. The van der Waals surface area contributed by atoms with Crippen molar-refractivity contribution in [1.82, 2.24) is 10.0 Å². The molecule has 0 aromatic heterocycles. The van der Waals surface area contributed by atoms with Gasteiger partial charge in [-0.3, -0.25) is 4.79 Å². The van der Waals surface area contributed by atoms with Gasteiger partial charge < -0.3 is 5.32 Å². The molecule has 0 heterocycles. The summed E-state index contributed by atoms with van der Waals surface area (Å²) in [7, 11) is -3.43. The highest BCUT2D eigenvalue weighted by molar-refractivity contribution is 7.99. The fraction of sp³-hybridized carbons (Fsp3) is 0.950. The minimum Gasteiger partial charge on any atom is -0.353 e. The summed E-state index contributed by atoms with van der Waals surface area (Å²) in [6, 6.07) is -0.203. The second-order valence-electron chi connectivity index (χ2n) is 8.81. The van der Waals surface area contributed by atoms with E-state index < -0.39 is 15.3 Å². The molecule has 0 aromatic rings. The lowest BCUT2D eigenvalue weighted by Gasteiger charge is -2.35. The zero-order valence-electron chi connectivity index (χ0n) is 17.1. The number of nitrogens with one attached hydrogen (secondary N) is 2. The molecular formula is C20H34Cl2N2O3S2. The van der Waals surface area contributed by atoms with Crippen LogP contribution in [0.25, 0.3) is 0 Å². The Hall–Kier alpha value is 0.310. The minimum absolute atomic E-state index is 0.0843. The number of thioether (sulfide) groups is 1. The summed E-state index contributed by atoms with van der Waals surface area (Å²) in [6.07, 6.45) is 11.5. The summed E-state index contributed by atoms with van der Waals surface area (Å²) in [6.45, 7) is 0. The van der Waals surface area contributed by atoms with Crippen molar-refractivity contribution in [2.45, 2.75) is 104 Å². The third-order valence-electron chi connectivity index (χ3n) is 6.84. The molecule has 0 aliphatic heterocycles. The molecule has 0 aromatic carbocycles. The van der Waals surface area contributed by atoms with Gasteiger partial charge in [-0.25, -0.2) is 13.1 Å². The Morgan fingerprint density at radius 3 is 2.31 bits per heavy atom. The largest absolute Gasteiger partial charge is 0.353 e. The van der Waals surface area contributed by atoms with E-state index in [0.29, 0.717) is 30.9 Å². The van der Waals surface area contributed by atoms with Gasteiger partial charge in [0.15, 0.2) is 0 Å². The van der Waals surface area contributed by atoms with Gasteiger partial charge in [-0.2, -0.15) is 11.8 Å². The van der Waals surface area contributed by atoms with Crippen molar-refractivity contribution < 1.29 is 13.2 Å². The lowest BCUT2D eigenvalue weighted by Crippen LogP contribution is -2.51. The van der Waals surface area contributed by atoms with Crippen LogP contribution in [0.2, 0.25) is 0 Å². The molecule has 3 aliphatic rings. The van der Waals surface area contributed by atoms with Gasteiger partial charge in [0.25, 0.3) is 0 Å². The minimum atomic E-state index is -3.43. The van der Waals surface area contributed by atoms with Gasteiger partial charge in [-0.1, -0.05) is 19.3 Å². The van der Waals surface area contributed by atoms with Crippen molar-refractivity contribution in [3.63, 3.8) is 0 Å². The van der Waals surface area contributed by atoms with E-state index in [1.807, 2.05) is 0 Å². The van der Waals surface area contributed by atoms with Crippen LogP contribution in [-0.4, -0.2) is 53.9 Å². The van der Waals surface area contributed by atoms with Crippen LogP contribution in [0.3, 0.4) is 0 Å². The molecule has 0 radical (unpaired) electrons. The number of hydrogen-bond acceptors (Lipinski definition) is 4. The quantitative estimate of drug-likeness (QED) is 0.558. The lowest BCUT2D eigenvalue weighted by atomic mass is 9.87. The summed E-state index contributed by atoms with van der Waals surface area (Å²) in [4.78, 5) is 12.8. The first kappa shape index (κ1) is 24.0. The van der Waals surface area contributed by atoms with Gasteiger partial charge in [0, 0.05) is 23.3 Å². The fourth-order valence-corrected chi connectivity index (χ4v) is 8.52. The Morgan fingerprint density at radius 2 is 1.62 bits per heavy atom. The van der Waals surface area contributed by atoms with E-state index in [1.54, 1.807) is 11.8 Å². The van der Waals surface area contributed by atoms with Crippen LogP contribution in [0.4, 0.5) is 0 Å². The maximum atomic E-state index is 12.9. The molecule has 168 valence electrons. The van der Waals surface area contributed by atoms with Gasteiger partial charge in [-0.15, -0.1) is 23.2 Å². The zero-order chi connectivity index (χ0) is 21.0. The number of rotatable bonds is 6. The van der Waals surface area contributed by atoms with Gasteiger partial charge in [0.05, 0.1) is 16.0 Å². The average molecular weight is 486 g/mol. The summed E-state index contributed by atoms with van der Waals surface area (Å²) in [5.41, 5.74) is 0. The number of hydrogen-bond donors (Lipinski definition) is 2. The molecule has 9 heteroatoms. The normalized spacial score (nSPS) is 39.1. The second kappa shape index (κ2) is 10.8. The first-order valence-corrected chi connectivity index (χ1v) is 14.6. The van der Waals surface area contributed by atoms with Crippen molar-refractivity contribution in [3.8, 4) is 0 Å². The SMILES string of the molecule is CSC1CCCCC1C(=O)NC1CCC(S(=O)(=O)NC2CCCC(Cl)C2Cl)CC1. The summed E-state index contributed by atoms with van der Waals surface area (Å²) < 4.78 is 28.6. The van der Waals surface area contributed by atoms with E-state index in [-0.39, 0.29) is 34.7 Å². The molecule has 29 heavy (non-hydrogen) atoms. The Labute approximate surface area is 189 Å². The standard InChI is InChI=1S/C20H34Cl2N2O3S2/c1-28-18-8-3-2-5-15(18)20(25)23-13-9-11-14(12-10-13)29(26,27)24-17-7-4-6-16(21)19(17)22/h13-19,24H,2-12H2,1H3,(H,23,25). The van der Waals surface area contributed by atoms with Crippen LogP contribution in [0.15, 0.2) is 0 Å². The monoisotopic (exact) mass is 484 g/mol. The maximum Gasteiger partial charge on any atom is 0.224 e. The highest BCUT2D eigenvalue weighted by Gasteiger charge is 2.38. The summed E-state index contributed by atoms with van der Waals surface area (Å²) in [5, 5.41) is 2.66. The number of carbonyl (C=O) groups is 1. The lowest BCUT2D eigenvalue weighted by molar-refractivity contribution is -0.126. The third-order valence-corrected chi connectivity index (χ3v) is 11.2. The predicted molar refractivity (Wildman–Crippen MR) is 122 cm³/mol. The molecule has 3 saturated carbocycles. The van der Waals surface area contributed by atoms with Gasteiger partial charge in [-0.05, 0) is 57.6 Å². The fourth-order valence-electron chi connectivity index (χ4n) is 5.04. The molecule has 0 spiro atoms. The molecule has 3 fully saturated rings. The van der Waals surface area contributed by atoms with E-state index in [0.717, 1.165) is 38.5 Å². The molecular weight excluding hydrogens is 451 g/mol. The average Bonchev–Trinajstić information content (AvgIpc) is 2.71. The molecule has 5 nitrogen and oxygen atoms in total. The number of amides is 1. The summed E-state index contributed by atoms with van der Waals surface area (Å²) in [5.74, 6) is 0.256. The summed E-state index contributed by atoms with van der Waals surface area (Å²) >= 11 is 14.4. The van der Waals surface area contributed by atoms with Crippen molar-refractivity contribution in [2.24, 2.45) is 5.92 Å². The van der Waals surface area contributed by atoms with Crippen LogP contribution in [-0.2, 0) is 14.8 Å². The van der Waals surface area contributed by atoms with E-state index >= 15 is 0 Å². The van der Waals surface area contributed by atoms with Crippen LogP contribution < -0.4 is 10.0 Å². The Balaban J connectivity index is 1.48. The van der Waals surface area contributed by atoms with Gasteiger partial charge >= 0.3 is 0 Å². The molecule has 3 rings (SSSR count). The third kappa shape index (κ3) is 6.18. The topological polar surface area (TPSA) is 75.3 Å². The Bertz CT molecular complexity index is 656. The molecule has 5 atom stereocenters. The number of alkyl halides is 2. The highest BCUT2D eigenvalue weighted by Crippen LogP contribution is 2.33. The molecule has 0 saturated heterocycles. The van der Waals surface area contributed by atoms with Crippen molar-refractivity contribution in [1.29, 1.82) is 0 Å². The van der Waals surface area contributed by atoms with E-state index in [2.05, 4.69) is 16.3 Å². The van der Waals surface area contributed by atoms with Crippen LogP contribution in [0.5, 0.6) is 0 Å². The molecule has 5 unspecified atom stereocenters. The predicted octanol–water partition coefficient (Wildman–Crippen LogP) is 4.02. The molecule has 2 N–H and O–H groups in total. The Morgan fingerprint density at radius 1 is 0.931 bits per heavy atom. The van der Waals surface area contributed by atoms with Crippen LogP contribution in [0, 0.1) is 5.92 Å². The smallest absolute Gasteiger partial charge is 0.224 e. The van der Waals surface area contributed by atoms with Gasteiger partial charge in [0.1, 0.15) is 0 Å². The van der Waals surface area contributed by atoms with Crippen LogP contribution in [0.1, 0.15) is 70.6 Å². The second-order valence-corrected chi connectivity index (χ2v) is 12.9. The first-order valence-electron chi connectivity index (χ1n) is 10.9. The van der Waals surface area contributed by atoms with Crippen molar-refractivity contribution in [3.05, 3.63) is 0 Å². The van der Waals surface area contributed by atoms with Crippen molar-refractivity contribution >= 4 is 50.9 Å². The molecule has 3 aliphatic carbocycles. The van der Waals surface area contributed by atoms with Crippen molar-refractivity contribution in [2.75, 3.05) is 6.26 Å². The first-order chi connectivity index (χ1) is 13.8. The Kier molecular flexibility index (Phi) is 8.89. The van der Waals surface area contributed by atoms with E-state index in [1.165, 1.54) is 6.42 Å². The molecule has 1 amide bonds. The highest BCUT2D eigenvalue weighted by atomic mass is 35.5.